The number of rotatable bonds is 5. The molecule has 0 radical (unpaired) electrons. The van der Waals surface area contributed by atoms with Gasteiger partial charge in [0.2, 0.25) is 0 Å². The first kappa shape index (κ1) is 15.0. The van der Waals surface area contributed by atoms with Gasteiger partial charge in [-0.25, -0.2) is 9.78 Å². The van der Waals surface area contributed by atoms with Crippen LogP contribution in [0.3, 0.4) is 0 Å². The Morgan fingerprint density at radius 1 is 1.43 bits per heavy atom. The second-order valence-electron chi connectivity index (χ2n) is 4.29. The molecule has 0 aliphatic rings. The van der Waals surface area contributed by atoms with E-state index in [-0.39, 0.29) is 11.4 Å². The molecule has 2 aromatic rings. The van der Waals surface area contributed by atoms with E-state index in [4.69, 9.17) is 5.11 Å². The molecule has 1 heterocycles. The molecule has 2 rings (SSSR count). The summed E-state index contributed by atoms with van der Waals surface area (Å²) >= 11 is 1.41. The Morgan fingerprint density at radius 3 is 2.86 bits per heavy atom. The van der Waals surface area contributed by atoms with E-state index in [1.54, 1.807) is 19.1 Å². The van der Waals surface area contributed by atoms with Gasteiger partial charge in [-0.05, 0) is 24.6 Å². The summed E-state index contributed by atoms with van der Waals surface area (Å²) in [5.41, 5.74) is 1.55. The molecule has 0 fully saturated rings. The zero-order valence-corrected chi connectivity index (χ0v) is 12.0. The highest BCUT2D eigenvalue weighted by atomic mass is 32.2. The summed E-state index contributed by atoms with van der Waals surface area (Å²) in [4.78, 5) is 25.8. The van der Waals surface area contributed by atoms with Crippen LogP contribution in [0.1, 0.15) is 21.6 Å². The van der Waals surface area contributed by atoms with Crippen LogP contribution in [-0.2, 0) is 5.75 Å². The topological polar surface area (TPSA) is 93.3 Å². The number of thioether (sulfide) groups is 1. The Bertz CT molecular complexity index is 703. The van der Waals surface area contributed by atoms with E-state index in [0.717, 1.165) is 10.5 Å². The quantitative estimate of drug-likeness (QED) is 0.517. The van der Waals surface area contributed by atoms with Crippen molar-refractivity contribution in [2.75, 3.05) is 0 Å². The number of aromatic carboxylic acids is 1. The first-order valence-corrected chi connectivity index (χ1v) is 7.02. The number of aromatic nitrogens is 1. The molecular weight excluding hydrogens is 292 g/mol. The predicted octanol–water partition coefficient (Wildman–Crippen LogP) is 3.29. The molecule has 0 bridgehead atoms. The SMILES string of the molecule is Cc1c(CSc2ccnc(C(=O)O)c2)cccc1[N+](=O)[O-]. The molecule has 0 atom stereocenters. The maximum absolute atomic E-state index is 10.9. The summed E-state index contributed by atoms with van der Waals surface area (Å²) in [7, 11) is 0. The number of hydrogen-bond acceptors (Lipinski definition) is 5. The van der Waals surface area contributed by atoms with E-state index in [2.05, 4.69) is 4.98 Å². The fourth-order valence-corrected chi connectivity index (χ4v) is 2.79. The van der Waals surface area contributed by atoms with Gasteiger partial charge in [0.25, 0.3) is 5.69 Å². The van der Waals surface area contributed by atoms with E-state index in [0.29, 0.717) is 11.3 Å². The molecule has 0 aliphatic heterocycles. The summed E-state index contributed by atoms with van der Waals surface area (Å²) in [5, 5.41) is 19.8. The van der Waals surface area contributed by atoms with Crippen LogP contribution in [0.4, 0.5) is 5.69 Å². The minimum atomic E-state index is -1.08. The lowest BCUT2D eigenvalue weighted by Crippen LogP contribution is -1.99. The maximum Gasteiger partial charge on any atom is 0.354 e. The second kappa shape index (κ2) is 6.36. The molecular formula is C14H12N2O4S. The maximum atomic E-state index is 10.9. The molecule has 1 aromatic carbocycles. The number of nitrogens with zero attached hydrogens (tertiary/aromatic N) is 2. The molecule has 1 aromatic heterocycles. The summed E-state index contributed by atoms with van der Waals surface area (Å²) in [5.74, 6) is -0.555. The summed E-state index contributed by atoms with van der Waals surface area (Å²) in [6.45, 7) is 1.71. The fraction of sp³-hybridized carbons (Fsp3) is 0.143. The molecule has 0 unspecified atom stereocenters. The third kappa shape index (κ3) is 3.57. The molecule has 21 heavy (non-hydrogen) atoms. The summed E-state index contributed by atoms with van der Waals surface area (Å²) in [6.07, 6.45) is 1.44. The Hall–Kier alpha value is -2.41. The van der Waals surface area contributed by atoms with Crippen LogP contribution in [0, 0.1) is 17.0 Å². The number of nitro benzene ring substituents is 1. The van der Waals surface area contributed by atoms with Gasteiger partial charge in [-0.15, -0.1) is 11.8 Å². The van der Waals surface area contributed by atoms with Crippen LogP contribution >= 0.6 is 11.8 Å². The van der Waals surface area contributed by atoms with E-state index in [1.165, 1.54) is 30.1 Å². The first-order chi connectivity index (χ1) is 9.99. The van der Waals surface area contributed by atoms with E-state index >= 15 is 0 Å². The lowest BCUT2D eigenvalue weighted by atomic mass is 10.1. The van der Waals surface area contributed by atoms with Gasteiger partial charge in [0.05, 0.1) is 4.92 Å². The zero-order chi connectivity index (χ0) is 15.4. The Balaban J connectivity index is 2.17. The highest BCUT2D eigenvalue weighted by Gasteiger charge is 2.13. The Kier molecular flexibility index (Phi) is 4.54. The van der Waals surface area contributed by atoms with E-state index in [9.17, 15) is 14.9 Å². The second-order valence-corrected chi connectivity index (χ2v) is 5.34. The van der Waals surface area contributed by atoms with E-state index in [1.807, 2.05) is 6.07 Å². The average Bonchev–Trinajstić information content (AvgIpc) is 2.46. The third-order valence-electron chi connectivity index (χ3n) is 2.96. The molecule has 0 aliphatic carbocycles. The molecule has 0 saturated carbocycles. The van der Waals surface area contributed by atoms with Crippen molar-refractivity contribution in [3.63, 3.8) is 0 Å². The molecule has 0 amide bonds. The molecule has 0 saturated heterocycles. The lowest BCUT2D eigenvalue weighted by Gasteiger charge is -2.06. The number of carboxylic acid groups (broad SMARTS) is 1. The minimum Gasteiger partial charge on any atom is -0.477 e. The molecule has 6 nitrogen and oxygen atoms in total. The largest absolute Gasteiger partial charge is 0.477 e. The Labute approximate surface area is 125 Å². The number of hydrogen-bond donors (Lipinski definition) is 1. The van der Waals surface area contributed by atoms with Crippen molar-refractivity contribution >= 4 is 23.4 Å². The van der Waals surface area contributed by atoms with Gasteiger partial charge in [-0.3, -0.25) is 10.1 Å². The first-order valence-electron chi connectivity index (χ1n) is 6.04. The molecule has 7 heteroatoms. The average molecular weight is 304 g/mol. The number of pyridine rings is 1. The van der Waals surface area contributed by atoms with Crippen LogP contribution < -0.4 is 0 Å². The normalized spacial score (nSPS) is 10.3. The van der Waals surface area contributed by atoms with Gasteiger partial charge in [-0.1, -0.05) is 12.1 Å². The smallest absolute Gasteiger partial charge is 0.354 e. The van der Waals surface area contributed by atoms with E-state index < -0.39 is 10.9 Å². The van der Waals surface area contributed by atoms with Crippen molar-refractivity contribution in [1.82, 2.24) is 4.98 Å². The van der Waals surface area contributed by atoms with Crippen LogP contribution in [0.2, 0.25) is 0 Å². The van der Waals surface area contributed by atoms with Crippen molar-refractivity contribution in [1.29, 1.82) is 0 Å². The van der Waals surface area contributed by atoms with Crippen LogP contribution in [-0.4, -0.2) is 21.0 Å². The number of carbonyl (C=O) groups is 1. The monoisotopic (exact) mass is 304 g/mol. The molecule has 108 valence electrons. The third-order valence-corrected chi connectivity index (χ3v) is 4.00. The van der Waals surface area contributed by atoms with Crippen molar-refractivity contribution in [2.24, 2.45) is 0 Å². The van der Waals surface area contributed by atoms with Crippen LogP contribution in [0.15, 0.2) is 41.4 Å². The predicted molar refractivity (Wildman–Crippen MR) is 78.6 cm³/mol. The lowest BCUT2D eigenvalue weighted by molar-refractivity contribution is -0.385. The number of carboxylic acids is 1. The van der Waals surface area contributed by atoms with Gasteiger partial charge < -0.3 is 5.11 Å². The highest BCUT2D eigenvalue weighted by molar-refractivity contribution is 7.98. The van der Waals surface area contributed by atoms with Gasteiger partial charge in [0.15, 0.2) is 0 Å². The highest BCUT2D eigenvalue weighted by Crippen LogP contribution is 2.28. The van der Waals surface area contributed by atoms with Crippen LogP contribution in [0.25, 0.3) is 0 Å². The van der Waals surface area contributed by atoms with Crippen molar-refractivity contribution in [3.05, 3.63) is 63.5 Å². The standard InChI is InChI=1S/C14H12N2O4S/c1-9-10(3-2-4-13(9)16(19)20)8-21-11-5-6-15-12(7-11)14(17)18/h2-7H,8H2,1H3,(H,17,18). The van der Waals surface area contributed by atoms with Gasteiger partial charge in [-0.2, -0.15) is 0 Å². The van der Waals surface area contributed by atoms with Crippen molar-refractivity contribution in [2.45, 2.75) is 17.6 Å². The molecule has 1 N–H and O–H groups in total. The van der Waals surface area contributed by atoms with Crippen molar-refractivity contribution in [3.8, 4) is 0 Å². The number of benzene rings is 1. The number of nitro groups is 1. The van der Waals surface area contributed by atoms with Gasteiger partial charge in [0.1, 0.15) is 5.69 Å². The fourth-order valence-electron chi connectivity index (χ4n) is 1.80. The van der Waals surface area contributed by atoms with Gasteiger partial charge >= 0.3 is 5.97 Å². The summed E-state index contributed by atoms with van der Waals surface area (Å²) < 4.78 is 0. The minimum absolute atomic E-state index is 0.0178. The Morgan fingerprint density at radius 2 is 2.19 bits per heavy atom. The molecule has 0 spiro atoms. The van der Waals surface area contributed by atoms with Gasteiger partial charge in [0, 0.05) is 28.5 Å². The summed E-state index contributed by atoms with van der Waals surface area (Å²) in [6, 6.07) is 8.15. The van der Waals surface area contributed by atoms with Crippen LogP contribution in [0.5, 0.6) is 0 Å². The van der Waals surface area contributed by atoms with Crippen molar-refractivity contribution < 1.29 is 14.8 Å². The zero-order valence-electron chi connectivity index (χ0n) is 11.1.